The Balaban J connectivity index is 2.05. The third-order valence-electron chi connectivity index (χ3n) is 4.02. The number of hydrogen-bond donors (Lipinski definition) is 1. The van der Waals surface area contributed by atoms with Gasteiger partial charge in [0.05, 0.1) is 0 Å². The summed E-state index contributed by atoms with van der Waals surface area (Å²) in [4.78, 5) is 16.2. The first-order valence-corrected chi connectivity index (χ1v) is 7.05. The van der Waals surface area contributed by atoms with Crippen LogP contribution >= 0.6 is 0 Å². The first kappa shape index (κ1) is 14.8. The summed E-state index contributed by atoms with van der Waals surface area (Å²) < 4.78 is 13.7. The van der Waals surface area contributed by atoms with Crippen LogP contribution in [0.3, 0.4) is 0 Å². The van der Waals surface area contributed by atoms with E-state index in [1.54, 1.807) is 4.90 Å². The molecular formula is C15H21FN2O2. The quantitative estimate of drug-likeness (QED) is 0.922. The summed E-state index contributed by atoms with van der Waals surface area (Å²) in [6, 6.07) is 4.42. The van der Waals surface area contributed by atoms with Gasteiger partial charge in [-0.2, -0.15) is 0 Å². The molecule has 0 radical (unpaired) electrons. The number of carbonyl (C=O) groups is 1. The molecule has 1 fully saturated rings. The van der Waals surface area contributed by atoms with Crippen LogP contribution in [0.1, 0.15) is 30.6 Å². The fourth-order valence-corrected chi connectivity index (χ4v) is 2.51. The fourth-order valence-electron chi connectivity index (χ4n) is 2.51. The number of amides is 1. The Morgan fingerprint density at radius 2 is 2.00 bits per heavy atom. The maximum Gasteiger partial charge on any atom is 0.260 e. The molecule has 1 aromatic carbocycles. The van der Waals surface area contributed by atoms with Crippen molar-refractivity contribution in [2.24, 2.45) is 0 Å². The van der Waals surface area contributed by atoms with E-state index >= 15 is 0 Å². The van der Waals surface area contributed by atoms with Crippen LogP contribution in [0.5, 0.6) is 5.75 Å². The van der Waals surface area contributed by atoms with Crippen molar-refractivity contribution in [3.05, 3.63) is 29.6 Å². The van der Waals surface area contributed by atoms with Crippen LogP contribution in [0.4, 0.5) is 4.39 Å². The van der Waals surface area contributed by atoms with E-state index in [0.717, 1.165) is 19.5 Å². The van der Waals surface area contributed by atoms with Crippen molar-refractivity contribution in [2.75, 3.05) is 26.2 Å². The number of carbonyl (C=O) groups excluding carboxylic acids is 1. The van der Waals surface area contributed by atoms with Crippen LogP contribution in [-0.2, 0) is 0 Å². The van der Waals surface area contributed by atoms with Gasteiger partial charge in [-0.15, -0.1) is 0 Å². The van der Waals surface area contributed by atoms with Gasteiger partial charge >= 0.3 is 0 Å². The Bertz CT molecular complexity index is 465. The number of aromatic hydroxyl groups is 1. The number of nitrogens with zero attached hydrogens (tertiary/aromatic N) is 2. The van der Waals surface area contributed by atoms with Gasteiger partial charge in [0, 0.05) is 32.2 Å². The van der Waals surface area contributed by atoms with Gasteiger partial charge in [0.25, 0.3) is 5.91 Å². The predicted octanol–water partition coefficient (Wildman–Crippen LogP) is 2.09. The minimum Gasteiger partial charge on any atom is -0.507 e. The Morgan fingerprint density at radius 1 is 1.35 bits per heavy atom. The molecule has 1 aliphatic rings. The predicted molar refractivity (Wildman–Crippen MR) is 75.3 cm³/mol. The van der Waals surface area contributed by atoms with Crippen LogP contribution < -0.4 is 0 Å². The molecule has 0 aliphatic carbocycles. The summed E-state index contributed by atoms with van der Waals surface area (Å²) in [5.41, 5.74) is -0.218. The van der Waals surface area contributed by atoms with Crippen molar-refractivity contribution in [1.29, 1.82) is 0 Å². The number of benzene rings is 1. The SMILES string of the molecule is CCC(C)N1CCN(C(=O)c2c(O)cccc2F)CC1. The van der Waals surface area contributed by atoms with E-state index in [9.17, 15) is 14.3 Å². The summed E-state index contributed by atoms with van der Waals surface area (Å²) in [6.07, 6.45) is 1.07. The standard InChI is InChI=1S/C15H21FN2O2/c1-3-11(2)17-7-9-18(10-8-17)15(20)14-12(16)5-4-6-13(14)19/h4-6,11,19H,3,7-10H2,1-2H3. The van der Waals surface area contributed by atoms with Gasteiger partial charge in [-0.3, -0.25) is 9.69 Å². The maximum absolute atomic E-state index is 13.7. The largest absolute Gasteiger partial charge is 0.507 e. The minimum absolute atomic E-state index is 0.218. The summed E-state index contributed by atoms with van der Waals surface area (Å²) in [6.45, 7) is 7.01. The van der Waals surface area contributed by atoms with Crippen LogP contribution in [0.15, 0.2) is 18.2 Å². The summed E-state index contributed by atoms with van der Waals surface area (Å²) >= 11 is 0. The Kier molecular flexibility index (Phi) is 4.60. The van der Waals surface area contributed by atoms with Crippen LogP contribution in [-0.4, -0.2) is 53.0 Å². The molecule has 1 unspecified atom stereocenters. The number of halogens is 1. The van der Waals surface area contributed by atoms with Gasteiger partial charge in [0.2, 0.25) is 0 Å². The molecule has 0 spiro atoms. The lowest BCUT2D eigenvalue weighted by Gasteiger charge is -2.37. The summed E-state index contributed by atoms with van der Waals surface area (Å²) in [7, 11) is 0. The molecule has 20 heavy (non-hydrogen) atoms. The van der Waals surface area contributed by atoms with Crippen molar-refractivity contribution < 1.29 is 14.3 Å². The zero-order chi connectivity index (χ0) is 14.7. The summed E-state index contributed by atoms with van der Waals surface area (Å²) in [5, 5.41) is 9.67. The molecule has 1 aromatic rings. The van der Waals surface area contributed by atoms with Gasteiger partial charge in [-0.1, -0.05) is 13.0 Å². The van der Waals surface area contributed by atoms with E-state index in [1.165, 1.54) is 18.2 Å². The van der Waals surface area contributed by atoms with E-state index < -0.39 is 11.7 Å². The second kappa shape index (κ2) is 6.22. The summed E-state index contributed by atoms with van der Waals surface area (Å²) in [5.74, 6) is -1.39. The van der Waals surface area contributed by atoms with Crippen molar-refractivity contribution in [1.82, 2.24) is 9.80 Å². The van der Waals surface area contributed by atoms with Gasteiger partial charge in [0.1, 0.15) is 17.1 Å². The highest BCUT2D eigenvalue weighted by Crippen LogP contribution is 2.22. The van der Waals surface area contributed by atoms with Crippen molar-refractivity contribution in [2.45, 2.75) is 26.3 Å². The van der Waals surface area contributed by atoms with Crippen molar-refractivity contribution >= 4 is 5.91 Å². The second-order valence-corrected chi connectivity index (χ2v) is 5.22. The third kappa shape index (κ3) is 2.93. The number of piperazine rings is 1. The Labute approximate surface area is 118 Å². The lowest BCUT2D eigenvalue weighted by atomic mass is 10.1. The topological polar surface area (TPSA) is 43.8 Å². The highest BCUT2D eigenvalue weighted by Gasteiger charge is 2.27. The van der Waals surface area contributed by atoms with Crippen LogP contribution in [0.2, 0.25) is 0 Å². The average molecular weight is 280 g/mol. The van der Waals surface area contributed by atoms with Gasteiger partial charge in [-0.05, 0) is 25.5 Å². The van der Waals surface area contributed by atoms with Crippen LogP contribution in [0.25, 0.3) is 0 Å². The first-order chi connectivity index (χ1) is 9.54. The molecule has 5 heteroatoms. The molecule has 0 saturated carbocycles. The Morgan fingerprint density at radius 3 is 2.55 bits per heavy atom. The van der Waals surface area contributed by atoms with Gasteiger partial charge in [-0.25, -0.2) is 4.39 Å². The van der Waals surface area contributed by atoms with E-state index in [2.05, 4.69) is 18.7 Å². The number of rotatable bonds is 3. The second-order valence-electron chi connectivity index (χ2n) is 5.22. The molecule has 2 rings (SSSR count). The van der Waals surface area contributed by atoms with E-state index in [1.807, 2.05) is 0 Å². The first-order valence-electron chi connectivity index (χ1n) is 7.05. The molecule has 1 N–H and O–H groups in total. The minimum atomic E-state index is -0.667. The third-order valence-corrected chi connectivity index (χ3v) is 4.02. The number of phenols is 1. The highest BCUT2D eigenvalue weighted by atomic mass is 19.1. The number of phenolic OH excluding ortho intramolecular Hbond substituents is 1. The molecular weight excluding hydrogens is 259 g/mol. The molecule has 1 aliphatic heterocycles. The molecule has 1 amide bonds. The van der Waals surface area contributed by atoms with Crippen LogP contribution in [0, 0.1) is 5.82 Å². The van der Waals surface area contributed by atoms with Gasteiger partial charge in [0.15, 0.2) is 0 Å². The van der Waals surface area contributed by atoms with E-state index in [0.29, 0.717) is 19.1 Å². The van der Waals surface area contributed by atoms with Crippen molar-refractivity contribution in [3.8, 4) is 5.75 Å². The van der Waals surface area contributed by atoms with E-state index in [-0.39, 0.29) is 11.3 Å². The highest BCUT2D eigenvalue weighted by molar-refractivity contribution is 5.97. The molecule has 1 atom stereocenters. The smallest absolute Gasteiger partial charge is 0.260 e. The zero-order valence-electron chi connectivity index (χ0n) is 12.0. The molecule has 110 valence electrons. The normalized spacial score (nSPS) is 18.1. The molecule has 1 heterocycles. The zero-order valence-corrected chi connectivity index (χ0v) is 12.0. The van der Waals surface area contributed by atoms with Gasteiger partial charge < -0.3 is 10.0 Å². The lowest BCUT2D eigenvalue weighted by Crippen LogP contribution is -2.51. The molecule has 0 bridgehead atoms. The monoisotopic (exact) mass is 280 g/mol. The maximum atomic E-state index is 13.7. The molecule has 1 saturated heterocycles. The van der Waals surface area contributed by atoms with E-state index in [4.69, 9.17) is 0 Å². The molecule has 0 aromatic heterocycles. The lowest BCUT2D eigenvalue weighted by molar-refractivity contribution is 0.0572. The molecule has 4 nitrogen and oxygen atoms in total. The Hall–Kier alpha value is -1.62. The van der Waals surface area contributed by atoms with Crippen molar-refractivity contribution in [3.63, 3.8) is 0 Å². The fraction of sp³-hybridized carbons (Fsp3) is 0.533. The number of hydrogen-bond acceptors (Lipinski definition) is 3. The average Bonchev–Trinajstić information content (AvgIpc) is 2.46.